The van der Waals surface area contributed by atoms with Crippen LogP contribution in [-0.2, 0) is 4.79 Å². The van der Waals surface area contributed by atoms with E-state index in [-0.39, 0.29) is 5.92 Å². The number of nitrogens with one attached hydrogen (secondary N) is 1. The highest BCUT2D eigenvalue weighted by atomic mass is 16.4. The Morgan fingerprint density at radius 2 is 2.36 bits per heavy atom. The molecule has 4 N–H and O–H groups in total. The van der Waals surface area contributed by atoms with Crippen LogP contribution in [0.25, 0.3) is 0 Å². The molecular weight excluding hydrogens is 186 g/mol. The summed E-state index contributed by atoms with van der Waals surface area (Å²) < 4.78 is 0. The van der Waals surface area contributed by atoms with E-state index in [9.17, 15) is 4.79 Å². The highest BCUT2D eigenvalue weighted by Gasteiger charge is 2.17. The first-order valence-corrected chi connectivity index (χ1v) is 4.24. The third-order valence-corrected chi connectivity index (χ3v) is 1.81. The van der Waals surface area contributed by atoms with Gasteiger partial charge in [-0.1, -0.05) is 25.5 Å². The third-order valence-electron chi connectivity index (χ3n) is 1.81. The molecule has 0 saturated carbocycles. The van der Waals surface area contributed by atoms with Gasteiger partial charge >= 0.3 is 5.97 Å². The normalized spacial score (nSPS) is 13.6. The highest BCUT2D eigenvalue weighted by molar-refractivity contribution is 5.73. The molecule has 0 aliphatic rings. The van der Waals surface area contributed by atoms with E-state index in [1.54, 1.807) is 0 Å². The van der Waals surface area contributed by atoms with Crippen LogP contribution in [0.4, 0.5) is 0 Å². The molecule has 1 heterocycles. The SMILES string of the molecule is CCC(C)C(N)C(=O)O.c1nn[nH]n1. The molecule has 0 spiro atoms. The summed E-state index contributed by atoms with van der Waals surface area (Å²) in [5.74, 6) is -0.841. The molecule has 14 heavy (non-hydrogen) atoms. The Bertz CT molecular complexity index is 221. The zero-order valence-electron chi connectivity index (χ0n) is 8.21. The molecule has 0 amide bonds. The molecule has 1 aromatic heterocycles. The molecule has 0 saturated heterocycles. The third kappa shape index (κ3) is 5.20. The van der Waals surface area contributed by atoms with E-state index in [0.717, 1.165) is 6.42 Å². The van der Waals surface area contributed by atoms with Crippen molar-refractivity contribution < 1.29 is 9.90 Å². The first-order chi connectivity index (χ1) is 6.59. The van der Waals surface area contributed by atoms with Crippen LogP contribution in [0.2, 0.25) is 0 Å². The van der Waals surface area contributed by atoms with Crippen molar-refractivity contribution >= 4 is 5.97 Å². The summed E-state index contributed by atoms with van der Waals surface area (Å²) in [6.07, 6.45) is 2.15. The number of aromatic amines is 1. The fourth-order valence-electron chi connectivity index (χ4n) is 0.626. The Hall–Kier alpha value is -1.50. The quantitative estimate of drug-likeness (QED) is 0.614. The molecule has 2 atom stereocenters. The van der Waals surface area contributed by atoms with Crippen molar-refractivity contribution in [2.75, 3.05) is 0 Å². The monoisotopic (exact) mass is 201 g/mol. The Kier molecular flexibility index (Phi) is 6.21. The predicted molar refractivity (Wildman–Crippen MR) is 49.2 cm³/mol. The molecule has 0 fully saturated rings. The van der Waals surface area contributed by atoms with Crippen LogP contribution in [0.3, 0.4) is 0 Å². The zero-order valence-corrected chi connectivity index (χ0v) is 8.21. The standard InChI is InChI=1S/C6H13NO2.CH2N4/c1-3-4(2)5(7)6(8)9;1-2-4-5-3-1/h4-5H,3,7H2,1-2H3,(H,8,9);1H,(H,2,3,4,5). The summed E-state index contributed by atoms with van der Waals surface area (Å²) in [5, 5.41) is 20.5. The Morgan fingerprint density at radius 3 is 2.50 bits per heavy atom. The lowest BCUT2D eigenvalue weighted by atomic mass is 10.0. The smallest absolute Gasteiger partial charge is 0.320 e. The molecule has 2 unspecified atom stereocenters. The Labute approximate surface area is 81.7 Å². The van der Waals surface area contributed by atoms with Gasteiger partial charge < -0.3 is 10.8 Å². The van der Waals surface area contributed by atoms with E-state index >= 15 is 0 Å². The molecular formula is C7H15N5O2. The lowest BCUT2D eigenvalue weighted by Gasteiger charge is -2.11. The van der Waals surface area contributed by atoms with Crippen LogP contribution in [0.1, 0.15) is 20.3 Å². The van der Waals surface area contributed by atoms with Crippen molar-refractivity contribution in [1.29, 1.82) is 0 Å². The van der Waals surface area contributed by atoms with Crippen molar-refractivity contribution in [1.82, 2.24) is 20.6 Å². The van der Waals surface area contributed by atoms with Crippen molar-refractivity contribution in [2.24, 2.45) is 11.7 Å². The number of tetrazole rings is 1. The van der Waals surface area contributed by atoms with Gasteiger partial charge in [0.25, 0.3) is 0 Å². The first-order valence-electron chi connectivity index (χ1n) is 4.24. The van der Waals surface area contributed by atoms with Crippen LogP contribution >= 0.6 is 0 Å². The molecule has 7 nitrogen and oxygen atoms in total. The summed E-state index contributed by atoms with van der Waals surface area (Å²) >= 11 is 0. The number of nitrogens with two attached hydrogens (primary N) is 1. The molecule has 0 aromatic carbocycles. The summed E-state index contributed by atoms with van der Waals surface area (Å²) in [4.78, 5) is 10.2. The lowest BCUT2D eigenvalue weighted by Crippen LogP contribution is -2.36. The minimum Gasteiger partial charge on any atom is -0.480 e. The molecule has 7 heteroatoms. The second-order valence-corrected chi connectivity index (χ2v) is 2.81. The maximum atomic E-state index is 10.2. The highest BCUT2D eigenvalue weighted by Crippen LogP contribution is 2.04. The number of H-pyrrole nitrogens is 1. The van der Waals surface area contributed by atoms with Gasteiger partial charge in [-0.3, -0.25) is 4.79 Å². The lowest BCUT2D eigenvalue weighted by molar-refractivity contribution is -0.139. The number of carbonyl (C=O) groups is 1. The Balaban J connectivity index is 0.000000280. The molecule has 1 aromatic rings. The number of aliphatic carboxylic acids is 1. The van der Waals surface area contributed by atoms with Crippen LogP contribution in [-0.4, -0.2) is 37.7 Å². The maximum Gasteiger partial charge on any atom is 0.320 e. The number of carboxylic acids is 1. The molecule has 80 valence electrons. The summed E-state index contributed by atoms with van der Waals surface area (Å²) in [7, 11) is 0. The number of carboxylic acid groups (broad SMARTS) is 1. The van der Waals surface area contributed by atoms with Gasteiger partial charge in [0.15, 0.2) is 6.33 Å². The van der Waals surface area contributed by atoms with E-state index in [1.807, 2.05) is 13.8 Å². The van der Waals surface area contributed by atoms with Crippen molar-refractivity contribution in [3.63, 3.8) is 0 Å². The minimum atomic E-state index is -0.913. The number of nitrogens with zero attached hydrogens (tertiary/aromatic N) is 3. The average molecular weight is 201 g/mol. The average Bonchev–Trinajstić information content (AvgIpc) is 2.73. The van der Waals surface area contributed by atoms with Crippen LogP contribution in [0, 0.1) is 5.92 Å². The van der Waals surface area contributed by atoms with Gasteiger partial charge in [-0.15, -0.1) is 10.2 Å². The maximum absolute atomic E-state index is 10.2. The summed E-state index contributed by atoms with van der Waals surface area (Å²) in [5.41, 5.74) is 5.27. The van der Waals surface area contributed by atoms with Gasteiger partial charge in [-0.25, -0.2) is 0 Å². The molecule has 0 aliphatic carbocycles. The van der Waals surface area contributed by atoms with Crippen LogP contribution in [0.5, 0.6) is 0 Å². The van der Waals surface area contributed by atoms with E-state index < -0.39 is 12.0 Å². The van der Waals surface area contributed by atoms with Gasteiger partial charge in [0.2, 0.25) is 0 Å². The number of hydrogen-bond acceptors (Lipinski definition) is 5. The van der Waals surface area contributed by atoms with E-state index in [0.29, 0.717) is 0 Å². The Morgan fingerprint density at radius 1 is 1.71 bits per heavy atom. The topological polar surface area (TPSA) is 118 Å². The fraction of sp³-hybridized carbons (Fsp3) is 0.714. The molecule has 0 aliphatic heterocycles. The van der Waals surface area contributed by atoms with E-state index in [1.165, 1.54) is 6.33 Å². The summed E-state index contributed by atoms with van der Waals surface area (Å²) in [6.45, 7) is 3.76. The predicted octanol–water partition coefficient (Wildman–Crippen LogP) is -0.356. The van der Waals surface area contributed by atoms with Gasteiger partial charge in [0.05, 0.1) is 0 Å². The van der Waals surface area contributed by atoms with Crippen LogP contribution in [0.15, 0.2) is 6.33 Å². The minimum absolute atomic E-state index is 0.0718. The van der Waals surface area contributed by atoms with E-state index in [2.05, 4.69) is 20.6 Å². The van der Waals surface area contributed by atoms with Gasteiger partial charge in [0, 0.05) is 0 Å². The van der Waals surface area contributed by atoms with Crippen molar-refractivity contribution in [3.05, 3.63) is 6.33 Å². The van der Waals surface area contributed by atoms with Gasteiger partial charge in [-0.2, -0.15) is 5.21 Å². The second-order valence-electron chi connectivity index (χ2n) is 2.81. The van der Waals surface area contributed by atoms with Crippen molar-refractivity contribution in [3.8, 4) is 0 Å². The largest absolute Gasteiger partial charge is 0.480 e. The van der Waals surface area contributed by atoms with Gasteiger partial charge in [-0.05, 0) is 5.92 Å². The van der Waals surface area contributed by atoms with Gasteiger partial charge in [0.1, 0.15) is 6.04 Å². The molecule has 0 radical (unpaired) electrons. The number of rotatable bonds is 3. The van der Waals surface area contributed by atoms with Crippen LogP contribution < -0.4 is 5.73 Å². The number of aromatic nitrogens is 4. The fourth-order valence-corrected chi connectivity index (χ4v) is 0.626. The molecule has 1 rings (SSSR count). The van der Waals surface area contributed by atoms with Crippen molar-refractivity contribution in [2.45, 2.75) is 26.3 Å². The zero-order chi connectivity index (χ0) is 11.0. The molecule has 0 bridgehead atoms. The number of hydrogen-bond donors (Lipinski definition) is 3. The second kappa shape index (κ2) is 6.96. The first kappa shape index (κ1) is 12.5. The van der Waals surface area contributed by atoms with E-state index in [4.69, 9.17) is 10.8 Å². The summed E-state index contributed by atoms with van der Waals surface area (Å²) in [6, 6.07) is -0.699.